The van der Waals surface area contributed by atoms with Crippen LogP contribution in [-0.2, 0) is 12.0 Å². The van der Waals surface area contributed by atoms with Gasteiger partial charge in [0.15, 0.2) is 16.7 Å². The van der Waals surface area contributed by atoms with Gasteiger partial charge in [-0.05, 0) is 28.7 Å². The summed E-state index contributed by atoms with van der Waals surface area (Å²) in [4.78, 5) is 20.1. The van der Waals surface area contributed by atoms with E-state index in [1.54, 1.807) is 6.07 Å². The molecule has 3 aromatic rings. The molecule has 3 heterocycles. The van der Waals surface area contributed by atoms with E-state index >= 15 is 4.39 Å². The first kappa shape index (κ1) is 24.6. The molecule has 0 aliphatic carbocycles. The number of aromatic nitrogens is 1. The number of hydrogen-bond acceptors (Lipinski definition) is 6. The van der Waals surface area contributed by atoms with Gasteiger partial charge in [-0.2, -0.15) is 0 Å². The number of halogens is 1. The molecule has 0 amide bonds. The van der Waals surface area contributed by atoms with Gasteiger partial charge in [-0.1, -0.05) is 62.4 Å². The standard InChI is InChI=1S/C28H32FN3O3S/c1-27(2,3)20-9-7-19(8-10-20)18-32-16-13-28(35-24-21(29)5-4-6-22(24)32)11-14-31(15-12-28)26-30-17-23(36-26)25(33)34/h4-10,17H,11-16,18H2,1-3H3,(H,33,34). The highest BCUT2D eigenvalue weighted by molar-refractivity contribution is 7.17. The third-order valence-electron chi connectivity index (χ3n) is 7.29. The first-order chi connectivity index (χ1) is 17.1. The summed E-state index contributed by atoms with van der Waals surface area (Å²) in [5.41, 5.74) is 2.89. The Morgan fingerprint density at radius 1 is 1.11 bits per heavy atom. The first-order valence-corrected chi connectivity index (χ1v) is 13.2. The van der Waals surface area contributed by atoms with E-state index in [0.29, 0.717) is 30.5 Å². The van der Waals surface area contributed by atoms with E-state index in [1.165, 1.54) is 34.7 Å². The van der Waals surface area contributed by atoms with Crippen molar-refractivity contribution in [2.75, 3.05) is 29.4 Å². The van der Waals surface area contributed by atoms with Crippen LogP contribution in [0.4, 0.5) is 15.2 Å². The fourth-order valence-corrected chi connectivity index (χ4v) is 5.84. The van der Waals surface area contributed by atoms with Crippen LogP contribution in [0.1, 0.15) is 60.8 Å². The van der Waals surface area contributed by atoms with E-state index in [0.717, 1.165) is 31.5 Å². The van der Waals surface area contributed by atoms with Crippen molar-refractivity contribution in [3.8, 4) is 5.75 Å². The average molecular weight is 510 g/mol. The minimum atomic E-state index is -0.959. The van der Waals surface area contributed by atoms with Gasteiger partial charge in [0.05, 0.1) is 11.9 Å². The van der Waals surface area contributed by atoms with Crippen molar-refractivity contribution < 1.29 is 19.0 Å². The summed E-state index contributed by atoms with van der Waals surface area (Å²) in [5, 5.41) is 9.93. The van der Waals surface area contributed by atoms with Gasteiger partial charge in [0, 0.05) is 45.4 Å². The lowest BCUT2D eigenvalue weighted by Crippen LogP contribution is -2.48. The van der Waals surface area contributed by atoms with Crippen molar-refractivity contribution in [2.45, 2.75) is 57.6 Å². The summed E-state index contributed by atoms with van der Waals surface area (Å²) in [5.74, 6) is -0.966. The van der Waals surface area contributed by atoms with Crippen molar-refractivity contribution in [1.29, 1.82) is 0 Å². The molecular weight excluding hydrogens is 477 g/mol. The highest BCUT2D eigenvalue weighted by atomic mass is 32.1. The number of para-hydroxylation sites is 1. The Kier molecular flexibility index (Phi) is 6.41. The Morgan fingerprint density at radius 3 is 2.44 bits per heavy atom. The molecule has 1 fully saturated rings. The molecular formula is C28H32FN3O3S. The van der Waals surface area contributed by atoms with Crippen molar-refractivity contribution >= 4 is 28.1 Å². The maximum absolute atomic E-state index is 15.1. The Balaban J connectivity index is 1.34. The van der Waals surface area contributed by atoms with Gasteiger partial charge in [0.2, 0.25) is 0 Å². The van der Waals surface area contributed by atoms with Crippen LogP contribution in [0.5, 0.6) is 5.75 Å². The van der Waals surface area contributed by atoms with Crippen molar-refractivity contribution in [1.82, 2.24) is 4.98 Å². The van der Waals surface area contributed by atoms with E-state index in [2.05, 4.69) is 59.8 Å². The molecule has 1 saturated heterocycles. The third-order valence-corrected chi connectivity index (χ3v) is 8.33. The minimum Gasteiger partial charge on any atom is -0.482 e. The normalized spacial score (nSPS) is 17.4. The van der Waals surface area contributed by atoms with Gasteiger partial charge in [-0.3, -0.25) is 0 Å². The topological polar surface area (TPSA) is 65.9 Å². The van der Waals surface area contributed by atoms with Crippen LogP contribution < -0.4 is 14.5 Å². The molecule has 190 valence electrons. The maximum atomic E-state index is 15.1. The third kappa shape index (κ3) is 4.91. The van der Waals surface area contributed by atoms with Crippen LogP contribution in [-0.4, -0.2) is 41.3 Å². The van der Waals surface area contributed by atoms with Gasteiger partial charge in [-0.25, -0.2) is 14.2 Å². The fraction of sp³-hybridized carbons (Fsp3) is 0.429. The Bertz CT molecular complexity index is 1240. The van der Waals surface area contributed by atoms with Crippen molar-refractivity contribution in [3.63, 3.8) is 0 Å². The molecule has 1 N–H and O–H groups in total. The number of carbonyl (C=O) groups is 1. The second-order valence-electron chi connectivity index (χ2n) is 10.8. The number of ether oxygens (including phenoxy) is 1. The summed E-state index contributed by atoms with van der Waals surface area (Å²) in [6.45, 7) is 9.43. The number of anilines is 2. The number of carboxylic acid groups (broad SMARTS) is 1. The maximum Gasteiger partial charge on any atom is 0.347 e. The molecule has 0 bridgehead atoms. The first-order valence-electron chi connectivity index (χ1n) is 12.4. The second-order valence-corrected chi connectivity index (χ2v) is 11.8. The summed E-state index contributed by atoms with van der Waals surface area (Å²) < 4.78 is 21.6. The minimum absolute atomic E-state index is 0.0970. The zero-order chi connectivity index (χ0) is 25.5. The Labute approximate surface area is 215 Å². The highest BCUT2D eigenvalue weighted by Gasteiger charge is 2.41. The summed E-state index contributed by atoms with van der Waals surface area (Å²) in [6, 6.07) is 13.9. The second kappa shape index (κ2) is 9.39. The van der Waals surface area contributed by atoms with Crippen LogP contribution in [0.2, 0.25) is 0 Å². The molecule has 8 heteroatoms. The van der Waals surface area contributed by atoms with Gasteiger partial charge in [-0.15, -0.1) is 0 Å². The zero-order valence-electron chi connectivity index (χ0n) is 21.0. The van der Waals surface area contributed by atoms with E-state index in [-0.39, 0.29) is 16.1 Å². The van der Waals surface area contributed by atoms with E-state index in [9.17, 15) is 9.90 Å². The van der Waals surface area contributed by atoms with Crippen molar-refractivity contribution in [3.05, 3.63) is 70.5 Å². The molecule has 6 nitrogen and oxygen atoms in total. The van der Waals surface area contributed by atoms with E-state index in [1.807, 2.05) is 6.07 Å². The van der Waals surface area contributed by atoms with Crippen LogP contribution >= 0.6 is 11.3 Å². The number of piperidine rings is 1. The molecule has 36 heavy (non-hydrogen) atoms. The molecule has 2 aliphatic rings. The van der Waals surface area contributed by atoms with Gasteiger partial charge >= 0.3 is 5.97 Å². The zero-order valence-corrected chi connectivity index (χ0v) is 21.8. The molecule has 2 aliphatic heterocycles. The Hall–Kier alpha value is -3.13. The monoisotopic (exact) mass is 509 g/mol. The Morgan fingerprint density at radius 2 is 1.81 bits per heavy atom. The molecule has 0 atom stereocenters. The predicted octanol–water partition coefficient (Wildman–Crippen LogP) is 6.11. The van der Waals surface area contributed by atoms with Crippen LogP contribution in [0.25, 0.3) is 0 Å². The number of nitrogens with zero attached hydrogens (tertiary/aromatic N) is 3. The lowest BCUT2D eigenvalue weighted by Gasteiger charge is -2.41. The highest BCUT2D eigenvalue weighted by Crippen LogP contribution is 2.43. The van der Waals surface area contributed by atoms with Crippen LogP contribution in [0, 0.1) is 5.82 Å². The molecule has 2 aromatic carbocycles. The summed E-state index contributed by atoms with van der Waals surface area (Å²) >= 11 is 1.19. The summed E-state index contributed by atoms with van der Waals surface area (Å²) in [6.07, 6.45) is 3.63. The van der Waals surface area contributed by atoms with Gasteiger partial charge in [0.1, 0.15) is 10.5 Å². The quantitative estimate of drug-likeness (QED) is 0.458. The predicted molar refractivity (Wildman–Crippen MR) is 141 cm³/mol. The van der Waals surface area contributed by atoms with E-state index in [4.69, 9.17) is 4.74 Å². The molecule has 5 rings (SSSR count). The average Bonchev–Trinajstić information content (AvgIpc) is 3.29. The number of aromatic carboxylic acids is 1. The SMILES string of the molecule is CC(C)(C)c1ccc(CN2CCC3(CCN(c4ncc(C(=O)O)s4)CC3)Oc3c(F)cccc32)cc1. The number of carboxylic acids is 1. The molecule has 0 radical (unpaired) electrons. The smallest absolute Gasteiger partial charge is 0.347 e. The van der Waals surface area contributed by atoms with Crippen LogP contribution in [0.15, 0.2) is 48.7 Å². The number of rotatable bonds is 4. The fourth-order valence-electron chi connectivity index (χ4n) is 5.04. The van der Waals surface area contributed by atoms with Gasteiger partial charge in [0.25, 0.3) is 0 Å². The lowest BCUT2D eigenvalue weighted by atomic mass is 9.86. The molecule has 0 saturated carbocycles. The molecule has 1 aromatic heterocycles. The van der Waals surface area contributed by atoms with Gasteiger partial charge < -0.3 is 19.6 Å². The largest absolute Gasteiger partial charge is 0.482 e. The molecule has 1 spiro atoms. The summed E-state index contributed by atoms with van der Waals surface area (Å²) in [7, 11) is 0. The lowest BCUT2D eigenvalue weighted by molar-refractivity contribution is 0.0375. The number of fused-ring (bicyclic) bond motifs is 1. The molecule has 0 unspecified atom stereocenters. The van der Waals surface area contributed by atoms with Crippen LogP contribution in [0.3, 0.4) is 0 Å². The van der Waals surface area contributed by atoms with Crippen molar-refractivity contribution in [2.24, 2.45) is 0 Å². The number of benzene rings is 2. The number of hydrogen-bond donors (Lipinski definition) is 1. The van der Waals surface area contributed by atoms with E-state index < -0.39 is 11.6 Å². The number of thiazole rings is 1.